The predicted molar refractivity (Wildman–Crippen MR) is 155 cm³/mol. The summed E-state index contributed by atoms with van der Waals surface area (Å²) in [6.45, 7) is 4.61. The summed E-state index contributed by atoms with van der Waals surface area (Å²) >= 11 is 0. The minimum absolute atomic E-state index is 0.0623. The minimum Gasteiger partial charge on any atom is -0.481 e. The topological polar surface area (TPSA) is 184 Å². The second kappa shape index (κ2) is 14.6. The van der Waals surface area contributed by atoms with E-state index in [9.17, 15) is 28.8 Å². The Bertz CT molecular complexity index is 1520. The van der Waals surface area contributed by atoms with Gasteiger partial charge in [-0.15, -0.1) is 0 Å². The number of carbonyl (C=O) groups is 5. The molecule has 4 amide bonds. The Morgan fingerprint density at radius 2 is 1.55 bits per heavy atom. The number of hydrogen-bond donors (Lipinski definition) is 5. The third kappa shape index (κ3) is 9.29. The first-order chi connectivity index (χ1) is 19.9. The molecule has 12 heteroatoms. The van der Waals surface area contributed by atoms with E-state index in [-0.39, 0.29) is 25.7 Å². The highest BCUT2D eigenvalue weighted by molar-refractivity contribution is 6.02. The molecule has 3 atom stereocenters. The van der Waals surface area contributed by atoms with E-state index in [0.29, 0.717) is 11.3 Å². The van der Waals surface area contributed by atoms with Gasteiger partial charge in [0, 0.05) is 42.5 Å². The lowest BCUT2D eigenvalue weighted by molar-refractivity contribution is -0.137. The fraction of sp³-hybridized carbons (Fsp3) is 0.333. The van der Waals surface area contributed by atoms with E-state index in [1.807, 2.05) is 30.3 Å². The molecule has 5 N–H and O–H groups in total. The Labute approximate surface area is 241 Å². The lowest BCUT2D eigenvalue weighted by Gasteiger charge is -2.22. The van der Waals surface area contributed by atoms with E-state index < -0.39 is 53.3 Å². The van der Waals surface area contributed by atoms with Crippen molar-refractivity contribution < 1.29 is 33.5 Å². The summed E-state index contributed by atoms with van der Waals surface area (Å²) in [4.78, 5) is 73.0. The number of amides is 4. The van der Waals surface area contributed by atoms with Gasteiger partial charge in [-0.2, -0.15) is 0 Å². The Morgan fingerprint density at radius 3 is 2.24 bits per heavy atom. The summed E-state index contributed by atoms with van der Waals surface area (Å²) in [6.07, 6.45) is 0.118. The Kier molecular flexibility index (Phi) is 10.9. The molecule has 0 unspecified atom stereocenters. The maximum atomic E-state index is 13.3. The van der Waals surface area contributed by atoms with Gasteiger partial charge in [0.25, 0.3) is 0 Å². The first-order valence-corrected chi connectivity index (χ1v) is 13.4. The van der Waals surface area contributed by atoms with Gasteiger partial charge in [0.1, 0.15) is 23.7 Å². The Morgan fingerprint density at radius 1 is 0.857 bits per heavy atom. The molecule has 2 aromatic carbocycles. The third-order valence-corrected chi connectivity index (χ3v) is 6.46. The summed E-state index contributed by atoms with van der Waals surface area (Å²) in [5.41, 5.74) is 1.92. The fourth-order valence-corrected chi connectivity index (χ4v) is 4.18. The Hall–Kier alpha value is -5.00. The third-order valence-electron chi connectivity index (χ3n) is 6.46. The van der Waals surface area contributed by atoms with Gasteiger partial charge in [-0.25, -0.2) is 4.79 Å². The van der Waals surface area contributed by atoms with Crippen LogP contribution in [0.25, 0.3) is 11.0 Å². The summed E-state index contributed by atoms with van der Waals surface area (Å²) in [7, 11) is 0. The molecule has 0 saturated heterocycles. The van der Waals surface area contributed by atoms with Crippen LogP contribution in [0, 0.1) is 6.92 Å². The maximum absolute atomic E-state index is 13.3. The zero-order valence-corrected chi connectivity index (χ0v) is 23.6. The molecule has 3 aromatic rings. The molecule has 0 radical (unpaired) electrons. The Balaban J connectivity index is 1.65. The number of anilines is 1. The van der Waals surface area contributed by atoms with E-state index in [4.69, 9.17) is 9.52 Å². The standard InChI is InChI=1S/C30H34N4O8/c1-17-14-27(38)42-24-16-21(12-13-22(17)24)33-23(15-20-8-5-4-6-9-20)30(41)34-29(40)19(3)32-28(39)18(2)31-25(35)10-7-11-26(36)37/h4-6,8-9,12-14,16,18-19,23,33H,7,10-11,15H2,1-3H3,(H,31,35)(H,32,39)(H,36,37)(H,34,40,41)/t18-,19-,23-/m0/s1. The number of rotatable bonds is 13. The number of imide groups is 1. The van der Waals surface area contributed by atoms with Crippen LogP contribution >= 0.6 is 0 Å². The normalized spacial score (nSPS) is 12.9. The van der Waals surface area contributed by atoms with Crippen molar-refractivity contribution in [1.82, 2.24) is 16.0 Å². The molecule has 0 aliphatic heterocycles. The molecule has 0 fully saturated rings. The predicted octanol–water partition coefficient (Wildman–Crippen LogP) is 2.03. The summed E-state index contributed by atoms with van der Waals surface area (Å²) < 4.78 is 5.31. The molecule has 0 aliphatic carbocycles. The monoisotopic (exact) mass is 578 g/mol. The summed E-state index contributed by atoms with van der Waals surface area (Å²) in [5.74, 6) is -3.57. The number of carboxylic acid groups (broad SMARTS) is 1. The minimum atomic E-state index is -1.11. The maximum Gasteiger partial charge on any atom is 0.336 e. The van der Waals surface area contributed by atoms with Crippen LogP contribution < -0.4 is 26.9 Å². The average Bonchev–Trinajstić information content (AvgIpc) is 2.92. The van der Waals surface area contributed by atoms with E-state index in [2.05, 4.69) is 21.3 Å². The highest BCUT2D eigenvalue weighted by Gasteiger charge is 2.26. The van der Waals surface area contributed by atoms with Gasteiger partial charge in [0.05, 0.1) is 0 Å². The molecular formula is C30H34N4O8. The summed E-state index contributed by atoms with van der Waals surface area (Å²) in [6, 6.07) is 12.7. The fourth-order valence-electron chi connectivity index (χ4n) is 4.18. The lowest BCUT2D eigenvalue weighted by atomic mass is 10.0. The van der Waals surface area contributed by atoms with Crippen molar-refractivity contribution >= 4 is 46.3 Å². The smallest absolute Gasteiger partial charge is 0.336 e. The van der Waals surface area contributed by atoms with Gasteiger partial charge in [-0.3, -0.25) is 29.3 Å². The first kappa shape index (κ1) is 31.5. The van der Waals surface area contributed by atoms with E-state index in [1.165, 1.54) is 19.9 Å². The van der Waals surface area contributed by atoms with Crippen molar-refractivity contribution in [2.24, 2.45) is 0 Å². The van der Waals surface area contributed by atoms with Gasteiger partial charge >= 0.3 is 11.6 Å². The summed E-state index contributed by atoms with van der Waals surface area (Å²) in [5, 5.41) is 19.8. The largest absolute Gasteiger partial charge is 0.481 e. The second-order valence-corrected chi connectivity index (χ2v) is 9.97. The number of benzene rings is 2. The molecule has 0 aliphatic rings. The van der Waals surface area contributed by atoms with Gasteiger partial charge < -0.3 is 25.5 Å². The van der Waals surface area contributed by atoms with Gasteiger partial charge in [0.15, 0.2) is 0 Å². The lowest BCUT2D eigenvalue weighted by Crippen LogP contribution is -2.54. The second-order valence-electron chi connectivity index (χ2n) is 9.97. The molecule has 42 heavy (non-hydrogen) atoms. The zero-order chi connectivity index (χ0) is 30.8. The molecular weight excluding hydrogens is 544 g/mol. The highest BCUT2D eigenvalue weighted by atomic mass is 16.4. The van der Waals surface area contributed by atoms with Crippen molar-refractivity contribution in [1.29, 1.82) is 0 Å². The highest BCUT2D eigenvalue weighted by Crippen LogP contribution is 2.22. The van der Waals surface area contributed by atoms with E-state index in [0.717, 1.165) is 16.5 Å². The number of aryl methyl sites for hydroxylation is 1. The van der Waals surface area contributed by atoms with Crippen LogP contribution in [0.15, 0.2) is 63.8 Å². The molecule has 1 aromatic heterocycles. The molecule has 3 rings (SSSR count). The van der Waals surface area contributed by atoms with Crippen LogP contribution in [0.4, 0.5) is 5.69 Å². The van der Waals surface area contributed by atoms with E-state index in [1.54, 1.807) is 25.1 Å². The average molecular weight is 579 g/mol. The van der Waals surface area contributed by atoms with Crippen molar-refractivity contribution in [2.45, 2.75) is 64.6 Å². The van der Waals surface area contributed by atoms with Crippen molar-refractivity contribution in [2.75, 3.05) is 5.32 Å². The number of hydrogen-bond acceptors (Lipinski definition) is 8. The first-order valence-electron chi connectivity index (χ1n) is 13.4. The number of nitrogens with one attached hydrogen (secondary N) is 4. The van der Waals surface area contributed by atoms with Gasteiger partial charge in [-0.05, 0) is 50.5 Å². The molecule has 222 valence electrons. The SMILES string of the molecule is Cc1cc(=O)oc2cc(N[C@@H](Cc3ccccc3)C(=O)NC(=O)[C@H](C)NC(=O)[C@H](C)NC(=O)CCCC(=O)O)ccc12. The van der Waals surface area contributed by atoms with Crippen LogP contribution in [0.1, 0.15) is 44.2 Å². The van der Waals surface area contributed by atoms with Gasteiger partial charge in [0.2, 0.25) is 23.6 Å². The van der Waals surface area contributed by atoms with Crippen molar-refractivity contribution in [3.05, 3.63) is 76.1 Å². The zero-order valence-electron chi connectivity index (χ0n) is 23.6. The van der Waals surface area contributed by atoms with Crippen LogP contribution in [-0.2, 0) is 30.4 Å². The van der Waals surface area contributed by atoms with Crippen molar-refractivity contribution in [3.63, 3.8) is 0 Å². The quantitative estimate of drug-likeness (QED) is 0.189. The number of carboxylic acids is 1. The molecule has 0 saturated carbocycles. The molecule has 0 bridgehead atoms. The molecule has 0 spiro atoms. The number of carbonyl (C=O) groups excluding carboxylic acids is 4. The van der Waals surface area contributed by atoms with Crippen LogP contribution in [0.3, 0.4) is 0 Å². The van der Waals surface area contributed by atoms with Crippen LogP contribution in [-0.4, -0.2) is 52.8 Å². The van der Waals surface area contributed by atoms with Crippen LogP contribution in [0.2, 0.25) is 0 Å². The molecule has 1 heterocycles. The number of aliphatic carboxylic acids is 1. The molecule has 12 nitrogen and oxygen atoms in total. The van der Waals surface area contributed by atoms with E-state index >= 15 is 0 Å². The van der Waals surface area contributed by atoms with Crippen molar-refractivity contribution in [3.8, 4) is 0 Å². The number of fused-ring (bicyclic) bond motifs is 1. The van der Waals surface area contributed by atoms with Gasteiger partial charge in [-0.1, -0.05) is 30.3 Å². The van der Waals surface area contributed by atoms with Crippen LogP contribution in [0.5, 0.6) is 0 Å².